The molecular weight excluding hydrogens is 330 g/mol. The van der Waals surface area contributed by atoms with Crippen LogP contribution in [-0.2, 0) is 11.2 Å². The van der Waals surface area contributed by atoms with Crippen LogP contribution in [0.25, 0.3) is 0 Å². The Bertz CT molecular complexity index is 482. The van der Waals surface area contributed by atoms with Gasteiger partial charge in [-0.3, -0.25) is 4.79 Å². The highest BCUT2D eigenvalue weighted by Gasteiger charge is 2.42. The largest absolute Gasteiger partial charge is 0.346 e. The molecule has 1 atom stereocenters. The van der Waals surface area contributed by atoms with Crippen LogP contribution in [0, 0.1) is 0 Å². The molecule has 0 spiro atoms. The van der Waals surface area contributed by atoms with E-state index in [0.717, 1.165) is 10.0 Å². The zero-order chi connectivity index (χ0) is 14.6. The summed E-state index contributed by atoms with van der Waals surface area (Å²) < 4.78 is 28.1. The van der Waals surface area contributed by atoms with Gasteiger partial charge >= 0.3 is 0 Å². The fraction of sp³-hybridized carbons (Fsp3) is 0.500. The molecule has 110 valence electrons. The molecule has 1 aromatic carbocycles. The van der Waals surface area contributed by atoms with Crippen LogP contribution in [0.5, 0.6) is 0 Å². The number of carbonyl (C=O) groups is 1. The fourth-order valence-electron chi connectivity index (χ4n) is 2.20. The topological polar surface area (TPSA) is 41.1 Å². The lowest BCUT2D eigenvalue weighted by atomic mass is 10.0. The number of alkyl halides is 2. The molecule has 0 bridgehead atoms. The van der Waals surface area contributed by atoms with Crippen molar-refractivity contribution in [1.82, 2.24) is 10.6 Å². The predicted molar refractivity (Wildman–Crippen MR) is 76.8 cm³/mol. The summed E-state index contributed by atoms with van der Waals surface area (Å²) in [5.41, 5.74) is 0.996. The number of hydrogen-bond acceptors (Lipinski definition) is 2. The van der Waals surface area contributed by atoms with Gasteiger partial charge in [-0.05, 0) is 18.1 Å². The van der Waals surface area contributed by atoms with Gasteiger partial charge in [-0.2, -0.15) is 0 Å². The monoisotopic (exact) mass is 346 g/mol. The number of halogens is 3. The van der Waals surface area contributed by atoms with Gasteiger partial charge in [0.1, 0.15) is 6.04 Å². The first kappa shape index (κ1) is 15.4. The van der Waals surface area contributed by atoms with Crippen LogP contribution in [-0.4, -0.2) is 31.0 Å². The lowest BCUT2D eigenvalue weighted by Crippen LogP contribution is -2.57. The smallest absolute Gasteiger partial charge is 0.270 e. The van der Waals surface area contributed by atoms with Gasteiger partial charge in [0.15, 0.2) is 0 Å². The van der Waals surface area contributed by atoms with Crippen molar-refractivity contribution in [2.24, 2.45) is 0 Å². The molecule has 3 nitrogen and oxygen atoms in total. The van der Waals surface area contributed by atoms with Crippen LogP contribution in [0.3, 0.4) is 0 Å². The van der Waals surface area contributed by atoms with Crippen LogP contribution in [0.2, 0.25) is 0 Å². The van der Waals surface area contributed by atoms with Crippen molar-refractivity contribution in [3.8, 4) is 0 Å². The van der Waals surface area contributed by atoms with Crippen LogP contribution in [0.1, 0.15) is 18.4 Å². The van der Waals surface area contributed by atoms with Crippen molar-refractivity contribution in [3.63, 3.8) is 0 Å². The molecule has 1 fully saturated rings. The Balaban J connectivity index is 1.85. The first-order valence-corrected chi connectivity index (χ1v) is 7.39. The Morgan fingerprint density at radius 2 is 2.20 bits per heavy atom. The Labute approximate surface area is 125 Å². The minimum Gasteiger partial charge on any atom is -0.346 e. The van der Waals surface area contributed by atoms with Crippen LogP contribution < -0.4 is 10.6 Å². The molecule has 1 heterocycles. The highest BCUT2D eigenvalue weighted by atomic mass is 79.9. The predicted octanol–water partition coefficient (Wildman–Crippen LogP) is 2.50. The Hall–Kier alpha value is -1.01. The summed E-state index contributed by atoms with van der Waals surface area (Å²) in [6, 6.07) is 6.47. The summed E-state index contributed by atoms with van der Waals surface area (Å²) in [5.74, 6) is -3.16. The van der Waals surface area contributed by atoms with Crippen molar-refractivity contribution in [2.45, 2.75) is 31.2 Å². The Morgan fingerprint density at radius 3 is 2.90 bits per heavy atom. The molecule has 1 aromatic rings. The van der Waals surface area contributed by atoms with E-state index in [1.807, 2.05) is 24.3 Å². The van der Waals surface area contributed by atoms with Crippen LogP contribution >= 0.6 is 15.9 Å². The van der Waals surface area contributed by atoms with Gasteiger partial charge in [-0.1, -0.05) is 34.1 Å². The molecule has 1 amide bonds. The maximum absolute atomic E-state index is 13.6. The minimum atomic E-state index is -2.83. The van der Waals surface area contributed by atoms with Crippen molar-refractivity contribution in [3.05, 3.63) is 34.3 Å². The number of rotatable bonds is 4. The van der Waals surface area contributed by atoms with E-state index in [2.05, 4.69) is 26.6 Å². The SMILES string of the molecule is O=C(CCc1ccccc1Br)NC1CNCCC1(F)F. The van der Waals surface area contributed by atoms with E-state index >= 15 is 0 Å². The lowest BCUT2D eigenvalue weighted by molar-refractivity contribution is -0.127. The van der Waals surface area contributed by atoms with Gasteiger partial charge in [-0.25, -0.2) is 8.78 Å². The average Bonchev–Trinajstić information content (AvgIpc) is 2.40. The molecule has 2 N–H and O–H groups in total. The molecular formula is C14H17BrF2N2O. The molecule has 20 heavy (non-hydrogen) atoms. The van der Waals surface area contributed by atoms with E-state index in [-0.39, 0.29) is 31.8 Å². The van der Waals surface area contributed by atoms with E-state index < -0.39 is 12.0 Å². The van der Waals surface area contributed by atoms with Crippen molar-refractivity contribution in [1.29, 1.82) is 0 Å². The number of hydrogen-bond donors (Lipinski definition) is 2. The number of nitrogens with one attached hydrogen (secondary N) is 2. The van der Waals surface area contributed by atoms with Crippen molar-refractivity contribution < 1.29 is 13.6 Å². The molecule has 2 rings (SSSR count). The van der Waals surface area contributed by atoms with Crippen molar-refractivity contribution >= 4 is 21.8 Å². The van der Waals surface area contributed by atoms with Gasteiger partial charge in [0, 0.05) is 30.4 Å². The first-order chi connectivity index (χ1) is 9.49. The van der Waals surface area contributed by atoms with Gasteiger partial charge in [-0.15, -0.1) is 0 Å². The second kappa shape index (κ2) is 6.63. The molecule has 0 aliphatic carbocycles. The zero-order valence-corrected chi connectivity index (χ0v) is 12.6. The maximum atomic E-state index is 13.6. The molecule has 6 heteroatoms. The highest BCUT2D eigenvalue weighted by Crippen LogP contribution is 2.25. The molecule has 0 radical (unpaired) electrons. The first-order valence-electron chi connectivity index (χ1n) is 6.60. The Morgan fingerprint density at radius 1 is 1.45 bits per heavy atom. The highest BCUT2D eigenvalue weighted by molar-refractivity contribution is 9.10. The number of benzene rings is 1. The summed E-state index contributed by atoms with van der Waals surface area (Å²) >= 11 is 3.40. The van der Waals surface area contributed by atoms with Gasteiger partial charge in [0.2, 0.25) is 5.91 Å². The second-order valence-electron chi connectivity index (χ2n) is 4.93. The van der Waals surface area contributed by atoms with Gasteiger partial charge in [0.05, 0.1) is 0 Å². The zero-order valence-electron chi connectivity index (χ0n) is 11.0. The number of carbonyl (C=O) groups excluding carboxylic acids is 1. The fourth-order valence-corrected chi connectivity index (χ4v) is 2.68. The lowest BCUT2D eigenvalue weighted by Gasteiger charge is -2.32. The molecule has 1 saturated heterocycles. The molecule has 1 aliphatic rings. The molecule has 1 unspecified atom stereocenters. The van der Waals surface area contributed by atoms with Crippen molar-refractivity contribution in [2.75, 3.05) is 13.1 Å². The number of amides is 1. The Kier molecular flexibility index (Phi) is 5.10. The summed E-state index contributed by atoms with van der Waals surface area (Å²) in [4.78, 5) is 11.8. The second-order valence-corrected chi connectivity index (χ2v) is 5.78. The third-order valence-electron chi connectivity index (χ3n) is 3.41. The third kappa shape index (κ3) is 3.99. The van der Waals surface area contributed by atoms with Gasteiger partial charge < -0.3 is 10.6 Å². The standard InChI is InChI=1S/C14H17BrF2N2O/c15-11-4-2-1-3-10(11)5-6-13(20)19-12-9-18-8-7-14(12,16)17/h1-4,12,18H,5-9H2,(H,19,20). The average molecular weight is 347 g/mol. The van der Waals surface area contributed by atoms with E-state index in [0.29, 0.717) is 6.42 Å². The summed E-state index contributed by atoms with van der Waals surface area (Å²) in [6.07, 6.45) is 0.496. The maximum Gasteiger partial charge on any atom is 0.270 e. The molecule has 0 saturated carbocycles. The van der Waals surface area contributed by atoms with E-state index in [4.69, 9.17) is 0 Å². The summed E-state index contributed by atoms with van der Waals surface area (Å²) in [6.45, 7) is 0.407. The minimum absolute atomic E-state index is 0.119. The third-order valence-corrected chi connectivity index (χ3v) is 4.18. The number of piperidine rings is 1. The normalized spacial score (nSPS) is 21.4. The van der Waals surface area contributed by atoms with Gasteiger partial charge in [0.25, 0.3) is 5.92 Å². The van der Waals surface area contributed by atoms with Crippen LogP contribution in [0.15, 0.2) is 28.7 Å². The van der Waals surface area contributed by atoms with E-state index in [1.165, 1.54) is 0 Å². The summed E-state index contributed by atoms with van der Waals surface area (Å²) in [5, 5.41) is 5.31. The molecule has 1 aliphatic heterocycles. The quantitative estimate of drug-likeness (QED) is 0.879. The van der Waals surface area contributed by atoms with Crippen LogP contribution in [0.4, 0.5) is 8.78 Å². The summed E-state index contributed by atoms with van der Waals surface area (Å²) in [7, 11) is 0. The number of aryl methyl sites for hydroxylation is 1. The van der Waals surface area contributed by atoms with E-state index in [1.54, 1.807) is 0 Å². The van der Waals surface area contributed by atoms with E-state index in [9.17, 15) is 13.6 Å². The molecule has 0 aromatic heterocycles.